The van der Waals surface area contributed by atoms with E-state index in [1.54, 1.807) is 12.1 Å². The van der Waals surface area contributed by atoms with Crippen molar-refractivity contribution in [1.82, 2.24) is 4.90 Å². The molecular formula is C21H21NO4. The van der Waals surface area contributed by atoms with Gasteiger partial charge in [0, 0.05) is 24.9 Å². The summed E-state index contributed by atoms with van der Waals surface area (Å²) in [5.74, 6) is -1.34. The molecule has 1 aliphatic rings. The lowest BCUT2D eigenvalue weighted by Crippen LogP contribution is -2.40. The molecule has 0 spiro atoms. The van der Waals surface area contributed by atoms with Gasteiger partial charge in [0.05, 0.1) is 0 Å². The molecule has 1 unspecified atom stereocenters. The van der Waals surface area contributed by atoms with Crippen LogP contribution in [0.15, 0.2) is 54.6 Å². The highest BCUT2D eigenvalue weighted by Gasteiger charge is 2.33. The second kappa shape index (κ2) is 7.95. The number of hydrogen-bond donors (Lipinski definition) is 1. The number of rotatable bonds is 6. The molecule has 2 aromatic rings. The molecule has 1 saturated heterocycles. The largest absolute Gasteiger partial charge is 0.480 e. The Morgan fingerprint density at radius 3 is 2.23 bits per heavy atom. The summed E-state index contributed by atoms with van der Waals surface area (Å²) in [5, 5.41) is 9.15. The minimum Gasteiger partial charge on any atom is -0.480 e. The number of nitrogens with zero attached hydrogens (tertiary/aromatic N) is 1. The molecule has 1 atom stereocenters. The molecular weight excluding hydrogens is 330 g/mol. The first-order valence-corrected chi connectivity index (χ1v) is 8.77. The van der Waals surface area contributed by atoms with Crippen molar-refractivity contribution in [3.05, 3.63) is 60.2 Å². The average Bonchev–Trinajstić information content (AvgIpc) is 3.17. The summed E-state index contributed by atoms with van der Waals surface area (Å²) in [7, 11) is 0. The monoisotopic (exact) mass is 351 g/mol. The van der Waals surface area contributed by atoms with Gasteiger partial charge in [-0.1, -0.05) is 54.6 Å². The summed E-state index contributed by atoms with van der Waals surface area (Å²) in [6.45, 7) is 0.454. The Morgan fingerprint density at radius 1 is 0.923 bits per heavy atom. The quantitative estimate of drug-likeness (QED) is 0.810. The number of carboxylic acids is 1. The fourth-order valence-corrected chi connectivity index (χ4v) is 3.31. The van der Waals surface area contributed by atoms with Gasteiger partial charge in [-0.05, 0) is 24.0 Å². The standard InChI is InChI=1S/C21H21NO4/c23-19(12-13-20(24)22-14-4-7-18(22)21(25)26)17-10-8-16(9-11-17)15-5-2-1-3-6-15/h1-3,5-6,8-11,18H,4,7,12-14H2,(H,25,26). The Morgan fingerprint density at radius 2 is 1.58 bits per heavy atom. The number of hydrogen-bond acceptors (Lipinski definition) is 3. The van der Waals surface area contributed by atoms with Crippen LogP contribution >= 0.6 is 0 Å². The fourth-order valence-electron chi connectivity index (χ4n) is 3.31. The summed E-state index contributed by atoms with van der Waals surface area (Å²) >= 11 is 0. The summed E-state index contributed by atoms with van der Waals surface area (Å²) in [6.07, 6.45) is 1.31. The number of carboxylic acid groups (broad SMARTS) is 1. The number of carbonyl (C=O) groups excluding carboxylic acids is 2. The van der Waals surface area contributed by atoms with Crippen LogP contribution in [-0.4, -0.2) is 40.3 Å². The number of aliphatic carboxylic acids is 1. The van der Waals surface area contributed by atoms with Gasteiger partial charge >= 0.3 is 5.97 Å². The van der Waals surface area contributed by atoms with Crippen LogP contribution in [0.1, 0.15) is 36.0 Å². The summed E-state index contributed by atoms with van der Waals surface area (Å²) in [5.41, 5.74) is 2.67. The lowest BCUT2D eigenvalue weighted by Gasteiger charge is -2.21. The van der Waals surface area contributed by atoms with Crippen LogP contribution in [0.3, 0.4) is 0 Å². The van der Waals surface area contributed by atoms with Crippen LogP contribution in [0.2, 0.25) is 0 Å². The molecule has 26 heavy (non-hydrogen) atoms. The zero-order chi connectivity index (χ0) is 18.5. The van der Waals surface area contributed by atoms with Gasteiger partial charge in [0.1, 0.15) is 6.04 Å². The zero-order valence-corrected chi connectivity index (χ0v) is 14.4. The second-order valence-electron chi connectivity index (χ2n) is 6.45. The number of Topliss-reactive ketones (excluding diaryl/α,β-unsaturated/α-hetero) is 1. The van der Waals surface area contributed by atoms with Gasteiger partial charge in [0.15, 0.2) is 5.78 Å². The Kier molecular flexibility index (Phi) is 5.46. The highest BCUT2D eigenvalue weighted by Crippen LogP contribution is 2.21. The topological polar surface area (TPSA) is 74.7 Å². The lowest BCUT2D eigenvalue weighted by atomic mass is 10.0. The molecule has 5 nitrogen and oxygen atoms in total. The zero-order valence-electron chi connectivity index (χ0n) is 14.4. The van der Waals surface area contributed by atoms with E-state index < -0.39 is 12.0 Å². The van der Waals surface area contributed by atoms with Crippen molar-refractivity contribution in [3.8, 4) is 11.1 Å². The predicted molar refractivity (Wildman–Crippen MR) is 97.8 cm³/mol. The van der Waals surface area contributed by atoms with E-state index >= 15 is 0 Å². The molecule has 3 rings (SSSR count). The van der Waals surface area contributed by atoms with E-state index in [0.29, 0.717) is 24.9 Å². The van der Waals surface area contributed by atoms with Gasteiger partial charge in [0.2, 0.25) is 5.91 Å². The fraction of sp³-hybridized carbons (Fsp3) is 0.286. The van der Waals surface area contributed by atoms with Gasteiger partial charge < -0.3 is 10.0 Å². The Bertz CT molecular complexity index is 799. The maximum atomic E-state index is 12.3. The Labute approximate surface area is 152 Å². The molecule has 1 amide bonds. The third kappa shape index (κ3) is 3.99. The van der Waals surface area contributed by atoms with Crippen molar-refractivity contribution >= 4 is 17.7 Å². The van der Waals surface area contributed by atoms with Crippen molar-refractivity contribution in [2.45, 2.75) is 31.7 Å². The number of benzene rings is 2. The van der Waals surface area contributed by atoms with E-state index in [1.165, 1.54) is 4.90 Å². The molecule has 0 bridgehead atoms. The second-order valence-corrected chi connectivity index (χ2v) is 6.45. The third-order valence-electron chi connectivity index (χ3n) is 4.74. The molecule has 1 N–H and O–H groups in total. The molecule has 5 heteroatoms. The van der Waals surface area contributed by atoms with Crippen LogP contribution in [0.5, 0.6) is 0 Å². The maximum absolute atomic E-state index is 12.3. The van der Waals surface area contributed by atoms with E-state index in [2.05, 4.69) is 0 Å². The minimum atomic E-state index is -0.973. The SMILES string of the molecule is O=C(CCC(=O)N1CCCC1C(=O)O)c1ccc(-c2ccccc2)cc1. The van der Waals surface area contributed by atoms with Crippen LogP contribution in [0, 0.1) is 0 Å². The van der Waals surface area contributed by atoms with Crippen molar-refractivity contribution in [2.75, 3.05) is 6.54 Å². The molecule has 0 aliphatic carbocycles. The van der Waals surface area contributed by atoms with Gasteiger partial charge in [-0.15, -0.1) is 0 Å². The van der Waals surface area contributed by atoms with Crippen molar-refractivity contribution < 1.29 is 19.5 Å². The van der Waals surface area contributed by atoms with Crippen LogP contribution < -0.4 is 0 Å². The van der Waals surface area contributed by atoms with Crippen LogP contribution in [0.25, 0.3) is 11.1 Å². The number of ketones is 1. The molecule has 0 radical (unpaired) electrons. The van der Waals surface area contributed by atoms with Crippen molar-refractivity contribution in [3.63, 3.8) is 0 Å². The van der Waals surface area contributed by atoms with E-state index in [9.17, 15) is 14.4 Å². The average molecular weight is 351 g/mol. The highest BCUT2D eigenvalue weighted by atomic mass is 16.4. The van der Waals surface area contributed by atoms with E-state index in [1.807, 2.05) is 42.5 Å². The summed E-state index contributed by atoms with van der Waals surface area (Å²) in [4.78, 5) is 37.1. The molecule has 0 aromatic heterocycles. The Balaban J connectivity index is 1.58. The normalized spacial score (nSPS) is 16.5. The van der Waals surface area contributed by atoms with E-state index in [0.717, 1.165) is 11.1 Å². The highest BCUT2D eigenvalue weighted by molar-refractivity contribution is 5.98. The molecule has 0 saturated carbocycles. The van der Waals surface area contributed by atoms with Gasteiger partial charge in [-0.25, -0.2) is 4.79 Å². The first kappa shape index (κ1) is 17.9. The minimum absolute atomic E-state index is 0.0447. The molecule has 1 heterocycles. The maximum Gasteiger partial charge on any atom is 0.326 e. The smallest absolute Gasteiger partial charge is 0.326 e. The number of amides is 1. The van der Waals surface area contributed by atoms with Crippen LogP contribution in [0.4, 0.5) is 0 Å². The van der Waals surface area contributed by atoms with Crippen molar-refractivity contribution in [2.24, 2.45) is 0 Å². The molecule has 1 fully saturated rings. The summed E-state index contributed by atoms with van der Waals surface area (Å²) in [6, 6.07) is 16.5. The summed E-state index contributed by atoms with van der Waals surface area (Å²) < 4.78 is 0. The molecule has 1 aliphatic heterocycles. The number of carbonyl (C=O) groups is 3. The van der Waals surface area contributed by atoms with E-state index in [4.69, 9.17) is 5.11 Å². The van der Waals surface area contributed by atoms with Gasteiger partial charge in [0.25, 0.3) is 0 Å². The van der Waals surface area contributed by atoms with Crippen molar-refractivity contribution in [1.29, 1.82) is 0 Å². The first-order chi connectivity index (χ1) is 12.6. The number of likely N-dealkylation sites (tertiary alicyclic amines) is 1. The first-order valence-electron chi connectivity index (χ1n) is 8.77. The van der Waals surface area contributed by atoms with E-state index in [-0.39, 0.29) is 24.5 Å². The molecule has 2 aromatic carbocycles. The van der Waals surface area contributed by atoms with Gasteiger partial charge in [-0.3, -0.25) is 9.59 Å². The van der Waals surface area contributed by atoms with Crippen LogP contribution in [-0.2, 0) is 9.59 Å². The third-order valence-corrected chi connectivity index (χ3v) is 4.74. The lowest BCUT2D eigenvalue weighted by molar-refractivity contribution is -0.148. The predicted octanol–water partition coefficient (Wildman–Crippen LogP) is 3.39. The van der Waals surface area contributed by atoms with Gasteiger partial charge in [-0.2, -0.15) is 0 Å². The Hall–Kier alpha value is -2.95. The molecule has 134 valence electrons.